The van der Waals surface area contributed by atoms with Gasteiger partial charge < -0.3 is 15.2 Å². The maximum Gasteiger partial charge on any atom is 0.335 e. The van der Waals surface area contributed by atoms with Crippen molar-refractivity contribution < 1.29 is 14.6 Å². The summed E-state index contributed by atoms with van der Waals surface area (Å²) in [6, 6.07) is 12.1. The van der Waals surface area contributed by atoms with Crippen LogP contribution in [-0.2, 0) is 0 Å². The lowest BCUT2D eigenvalue weighted by Gasteiger charge is -2.10. The van der Waals surface area contributed by atoms with Gasteiger partial charge in [-0.05, 0) is 65.1 Å². The Morgan fingerprint density at radius 3 is 2.57 bits per heavy atom. The van der Waals surface area contributed by atoms with Gasteiger partial charge in [0.25, 0.3) is 0 Å². The zero-order valence-electron chi connectivity index (χ0n) is 11.0. The number of carboxylic acid groups (broad SMARTS) is 1. The fourth-order valence-electron chi connectivity index (χ4n) is 1.68. The average molecular weight is 418 g/mol. The smallest absolute Gasteiger partial charge is 0.335 e. The van der Waals surface area contributed by atoms with Crippen molar-refractivity contribution in [2.24, 2.45) is 0 Å². The number of hydrogen-bond donors (Lipinski definition) is 2. The molecule has 0 saturated heterocycles. The number of aromatic carboxylic acids is 1. The first-order valence-corrected chi connectivity index (χ1v) is 7.67. The quantitative estimate of drug-likeness (QED) is 0.548. The van der Waals surface area contributed by atoms with E-state index in [1.807, 2.05) is 18.2 Å². The molecule has 2 rings (SSSR count). The Morgan fingerprint density at radius 2 is 1.95 bits per heavy atom. The molecule has 6 heteroatoms. The Balaban J connectivity index is 1.80. The van der Waals surface area contributed by atoms with Gasteiger partial charge in [0.1, 0.15) is 12.4 Å². The molecule has 0 bridgehead atoms. The van der Waals surface area contributed by atoms with Crippen molar-refractivity contribution in [2.45, 2.75) is 0 Å². The Hall–Kier alpha value is -1.47. The number of halogens is 2. The number of carbonyl (C=O) groups is 1. The van der Waals surface area contributed by atoms with E-state index >= 15 is 0 Å². The fourth-order valence-corrected chi connectivity index (χ4v) is 2.60. The third-order valence-corrected chi connectivity index (χ3v) is 3.70. The summed E-state index contributed by atoms with van der Waals surface area (Å²) in [5.74, 6) is -0.313. The van der Waals surface area contributed by atoms with Crippen LogP contribution in [0.2, 0.25) is 5.02 Å². The number of benzene rings is 2. The van der Waals surface area contributed by atoms with Gasteiger partial charge in [0.15, 0.2) is 0 Å². The molecule has 0 unspecified atom stereocenters. The summed E-state index contributed by atoms with van der Waals surface area (Å²) >= 11 is 8.31. The summed E-state index contributed by atoms with van der Waals surface area (Å²) in [6.45, 7) is 1.05. The van der Waals surface area contributed by atoms with Crippen LogP contribution in [0.5, 0.6) is 5.75 Å². The van der Waals surface area contributed by atoms with Gasteiger partial charge in [-0.1, -0.05) is 11.6 Å². The van der Waals surface area contributed by atoms with Crippen molar-refractivity contribution in [3.8, 4) is 5.75 Å². The molecule has 0 amide bonds. The molecule has 2 aromatic carbocycles. The average Bonchev–Trinajstić information content (AvgIpc) is 2.46. The number of anilines is 1. The third kappa shape index (κ3) is 4.78. The van der Waals surface area contributed by atoms with Gasteiger partial charge in [0.05, 0.1) is 16.3 Å². The van der Waals surface area contributed by atoms with Gasteiger partial charge in [-0.3, -0.25) is 0 Å². The lowest BCUT2D eigenvalue weighted by molar-refractivity contribution is 0.0697. The molecule has 2 aromatic rings. The Kier molecular flexibility index (Phi) is 5.69. The standard InChI is InChI=1S/C15H13ClINO3/c16-13-9-11(17)3-6-14(13)18-7-8-21-12-4-1-10(2-5-12)15(19)20/h1-6,9,18H,7-8H2,(H,19,20). The molecular weight excluding hydrogens is 405 g/mol. The molecule has 0 aliphatic heterocycles. The molecule has 110 valence electrons. The maximum absolute atomic E-state index is 10.7. The lowest BCUT2D eigenvalue weighted by Crippen LogP contribution is -2.11. The van der Waals surface area contributed by atoms with E-state index in [2.05, 4.69) is 27.9 Å². The minimum Gasteiger partial charge on any atom is -0.492 e. The molecule has 4 nitrogen and oxygen atoms in total. The van der Waals surface area contributed by atoms with E-state index in [4.69, 9.17) is 21.4 Å². The topological polar surface area (TPSA) is 58.6 Å². The molecule has 0 aromatic heterocycles. The van der Waals surface area contributed by atoms with E-state index in [1.165, 1.54) is 12.1 Å². The minimum absolute atomic E-state index is 0.242. The van der Waals surface area contributed by atoms with E-state index in [-0.39, 0.29) is 5.56 Å². The monoisotopic (exact) mass is 417 g/mol. The van der Waals surface area contributed by atoms with Crippen LogP contribution in [0.25, 0.3) is 0 Å². The number of hydrogen-bond acceptors (Lipinski definition) is 3. The van der Waals surface area contributed by atoms with Crippen LogP contribution in [0.1, 0.15) is 10.4 Å². The van der Waals surface area contributed by atoms with Crippen molar-refractivity contribution in [3.05, 3.63) is 56.6 Å². The first-order valence-electron chi connectivity index (χ1n) is 6.21. The molecule has 0 aliphatic rings. The van der Waals surface area contributed by atoms with Gasteiger partial charge in [0, 0.05) is 10.1 Å². The number of nitrogens with one attached hydrogen (secondary N) is 1. The van der Waals surface area contributed by atoms with Gasteiger partial charge in [0.2, 0.25) is 0 Å². The maximum atomic E-state index is 10.7. The molecular formula is C15H13ClINO3. The zero-order chi connectivity index (χ0) is 15.2. The molecule has 2 N–H and O–H groups in total. The predicted octanol–water partition coefficient (Wildman–Crippen LogP) is 4.13. The van der Waals surface area contributed by atoms with E-state index in [9.17, 15) is 4.79 Å². The van der Waals surface area contributed by atoms with Gasteiger partial charge in [-0.25, -0.2) is 4.79 Å². The molecule has 0 heterocycles. The molecule has 0 aliphatic carbocycles. The number of ether oxygens (including phenoxy) is 1. The minimum atomic E-state index is -0.948. The second-order valence-electron chi connectivity index (χ2n) is 4.23. The SMILES string of the molecule is O=C(O)c1ccc(OCCNc2ccc(I)cc2Cl)cc1. The van der Waals surface area contributed by atoms with E-state index in [1.54, 1.807) is 12.1 Å². The molecule has 0 saturated carbocycles. The highest BCUT2D eigenvalue weighted by Crippen LogP contribution is 2.23. The van der Waals surface area contributed by atoms with Gasteiger partial charge >= 0.3 is 5.97 Å². The highest BCUT2D eigenvalue weighted by molar-refractivity contribution is 14.1. The van der Waals surface area contributed by atoms with Gasteiger partial charge in [-0.15, -0.1) is 0 Å². The fraction of sp³-hybridized carbons (Fsp3) is 0.133. The normalized spacial score (nSPS) is 10.2. The van der Waals surface area contributed by atoms with Crippen LogP contribution in [0.4, 0.5) is 5.69 Å². The Labute approximate surface area is 141 Å². The first-order chi connectivity index (χ1) is 10.1. The van der Waals surface area contributed by atoms with Gasteiger partial charge in [-0.2, -0.15) is 0 Å². The summed E-state index contributed by atoms with van der Waals surface area (Å²) < 4.78 is 6.61. The van der Waals surface area contributed by atoms with Crippen LogP contribution >= 0.6 is 34.2 Å². The second-order valence-corrected chi connectivity index (χ2v) is 5.88. The third-order valence-electron chi connectivity index (χ3n) is 2.72. The van der Waals surface area contributed by atoms with Crippen LogP contribution in [0, 0.1) is 3.57 Å². The highest BCUT2D eigenvalue weighted by atomic mass is 127. The van der Waals surface area contributed by atoms with E-state index in [0.29, 0.717) is 23.9 Å². The molecule has 0 radical (unpaired) electrons. The predicted molar refractivity (Wildman–Crippen MR) is 91.6 cm³/mol. The number of rotatable bonds is 6. The summed E-state index contributed by atoms with van der Waals surface area (Å²) in [4.78, 5) is 10.7. The number of carboxylic acids is 1. The molecule has 21 heavy (non-hydrogen) atoms. The first kappa shape index (κ1) is 15.9. The second kappa shape index (κ2) is 7.51. The summed E-state index contributed by atoms with van der Waals surface area (Å²) in [5.41, 5.74) is 1.10. The molecule has 0 atom stereocenters. The van der Waals surface area contributed by atoms with Crippen LogP contribution in [0.3, 0.4) is 0 Å². The van der Waals surface area contributed by atoms with Crippen LogP contribution < -0.4 is 10.1 Å². The van der Waals surface area contributed by atoms with Crippen LogP contribution in [0.15, 0.2) is 42.5 Å². The summed E-state index contributed by atoms with van der Waals surface area (Å²) in [5, 5.41) is 12.7. The largest absolute Gasteiger partial charge is 0.492 e. The van der Waals surface area contributed by atoms with Crippen molar-refractivity contribution in [3.63, 3.8) is 0 Å². The van der Waals surface area contributed by atoms with Crippen molar-refractivity contribution >= 4 is 45.8 Å². The van der Waals surface area contributed by atoms with Crippen LogP contribution in [-0.4, -0.2) is 24.2 Å². The van der Waals surface area contributed by atoms with Crippen molar-refractivity contribution in [1.82, 2.24) is 0 Å². The summed E-state index contributed by atoms with van der Waals surface area (Å²) in [7, 11) is 0. The highest BCUT2D eigenvalue weighted by Gasteiger charge is 2.03. The Morgan fingerprint density at radius 1 is 1.24 bits per heavy atom. The lowest BCUT2D eigenvalue weighted by atomic mass is 10.2. The molecule has 0 fully saturated rings. The van der Waals surface area contributed by atoms with Crippen molar-refractivity contribution in [1.29, 1.82) is 0 Å². The zero-order valence-corrected chi connectivity index (χ0v) is 13.9. The molecule has 0 spiro atoms. The Bertz CT molecular complexity index is 631. The van der Waals surface area contributed by atoms with E-state index in [0.717, 1.165) is 9.26 Å². The van der Waals surface area contributed by atoms with Crippen molar-refractivity contribution in [2.75, 3.05) is 18.5 Å². The summed E-state index contributed by atoms with van der Waals surface area (Å²) in [6.07, 6.45) is 0. The van der Waals surface area contributed by atoms with E-state index < -0.39 is 5.97 Å².